The van der Waals surface area contributed by atoms with Gasteiger partial charge in [0.15, 0.2) is 11.3 Å². The topological polar surface area (TPSA) is 71.8 Å². The lowest BCUT2D eigenvalue weighted by Gasteiger charge is -2.05. The van der Waals surface area contributed by atoms with Crippen molar-refractivity contribution in [3.63, 3.8) is 0 Å². The Hall–Kier alpha value is -3.54. The van der Waals surface area contributed by atoms with Crippen LogP contribution in [0.1, 0.15) is 22.6 Å². The molecule has 27 heavy (non-hydrogen) atoms. The molecular formula is C21H18N6. The van der Waals surface area contributed by atoms with Crippen LogP contribution in [0.15, 0.2) is 55.0 Å². The van der Waals surface area contributed by atoms with Gasteiger partial charge in [0.2, 0.25) is 0 Å². The van der Waals surface area contributed by atoms with E-state index in [1.807, 2.05) is 0 Å². The van der Waals surface area contributed by atoms with Crippen molar-refractivity contribution in [2.75, 3.05) is 0 Å². The molecule has 0 unspecified atom stereocenters. The fourth-order valence-corrected chi connectivity index (χ4v) is 3.34. The van der Waals surface area contributed by atoms with E-state index in [0.29, 0.717) is 17.7 Å². The van der Waals surface area contributed by atoms with Gasteiger partial charge < -0.3 is 9.38 Å². The van der Waals surface area contributed by atoms with E-state index in [2.05, 4.69) is 80.8 Å². The van der Waals surface area contributed by atoms with Gasteiger partial charge in [-0.1, -0.05) is 29.8 Å². The van der Waals surface area contributed by atoms with Crippen molar-refractivity contribution in [1.82, 2.24) is 29.3 Å². The molecule has 6 nitrogen and oxygen atoms in total. The maximum Gasteiger partial charge on any atom is 0.197 e. The van der Waals surface area contributed by atoms with Crippen LogP contribution in [-0.4, -0.2) is 29.3 Å². The molecule has 4 aromatic heterocycles. The number of hydrogen-bond acceptors (Lipinski definition) is 4. The highest BCUT2D eigenvalue weighted by molar-refractivity contribution is 5.68. The zero-order chi connectivity index (χ0) is 18.4. The normalized spacial score (nSPS) is 11.5. The van der Waals surface area contributed by atoms with Crippen molar-refractivity contribution < 1.29 is 0 Å². The molecule has 0 spiro atoms. The molecule has 132 valence electrons. The molecule has 0 atom stereocenters. The Morgan fingerprint density at radius 1 is 0.926 bits per heavy atom. The Bertz CT molecular complexity index is 1230. The maximum absolute atomic E-state index is 4.91. The summed E-state index contributed by atoms with van der Waals surface area (Å²) < 4.78 is 2.14. The molecule has 0 aliphatic rings. The maximum atomic E-state index is 4.91. The molecule has 0 aliphatic heterocycles. The average Bonchev–Trinajstić information content (AvgIpc) is 3.23. The summed E-state index contributed by atoms with van der Waals surface area (Å²) in [7, 11) is 0. The van der Waals surface area contributed by atoms with E-state index in [0.717, 1.165) is 28.4 Å². The quantitative estimate of drug-likeness (QED) is 0.534. The third-order valence-corrected chi connectivity index (χ3v) is 4.72. The van der Waals surface area contributed by atoms with Crippen LogP contribution in [0.5, 0.6) is 0 Å². The Morgan fingerprint density at radius 3 is 2.56 bits per heavy atom. The number of rotatable bonds is 3. The van der Waals surface area contributed by atoms with Crippen LogP contribution in [-0.2, 0) is 6.42 Å². The summed E-state index contributed by atoms with van der Waals surface area (Å²) >= 11 is 0. The first kappa shape index (κ1) is 15.7. The van der Waals surface area contributed by atoms with Crippen LogP contribution < -0.4 is 0 Å². The van der Waals surface area contributed by atoms with Crippen LogP contribution in [0.3, 0.4) is 0 Å². The molecule has 1 aromatic carbocycles. The van der Waals surface area contributed by atoms with Crippen molar-refractivity contribution >= 4 is 16.9 Å². The number of fused-ring (bicyclic) bond motifs is 2. The number of aryl methyl sites for hydroxylation is 2. The molecule has 0 aliphatic carbocycles. The minimum absolute atomic E-state index is 0.617. The predicted octanol–water partition coefficient (Wildman–Crippen LogP) is 3.88. The molecule has 0 saturated carbocycles. The number of H-pyrrole nitrogens is 1. The molecule has 4 heterocycles. The van der Waals surface area contributed by atoms with E-state index in [4.69, 9.17) is 4.98 Å². The lowest BCUT2D eigenvalue weighted by atomic mass is 10.1. The van der Waals surface area contributed by atoms with E-state index in [9.17, 15) is 0 Å². The number of pyridine rings is 1. The van der Waals surface area contributed by atoms with Gasteiger partial charge in [-0.3, -0.25) is 0 Å². The molecule has 0 saturated heterocycles. The number of nitrogens with one attached hydrogen (secondary N) is 1. The zero-order valence-electron chi connectivity index (χ0n) is 15.1. The second-order valence-corrected chi connectivity index (χ2v) is 6.79. The summed E-state index contributed by atoms with van der Waals surface area (Å²) in [5.74, 6) is 0.826. The van der Waals surface area contributed by atoms with Crippen LogP contribution >= 0.6 is 0 Å². The molecule has 0 amide bonds. The fraction of sp³-hybridized carbons (Fsp3) is 0.143. The highest BCUT2D eigenvalue weighted by Crippen LogP contribution is 2.27. The highest BCUT2D eigenvalue weighted by atomic mass is 15.1. The molecule has 1 N–H and O–H groups in total. The number of aromatic nitrogens is 6. The number of imidazole rings is 2. The van der Waals surface area contributed by atoms with Crippen molar-refractivity contribution in [3.8, 4) is 11.3 Å². The van der Waals surface area contributed by atoms with E-state index in [1.54, 1.807) is 12.4 Å². The monoisotopic (exact) mass is 354 g/mol. The third kappa shape index (κ3) is 2.75. The molecule has 0 bridgehead atoms. The minimum atomic E-state index is 0.617. The number of aromatic amines is 1. The minimum Gasteiger partial charge on any atom is -0.325 e. The number of benzene rings is 1. The Labute approximate surface area is 156 Å². The molecule has 6 heteroatoms. The largest absolute Gasteiger partial charge is 0.325 e. The van der Waals surface area contributed by atoms with Crippen molar-refractivity contribution in [2.45, 2.75) is 20.3 Å². The Kier molecular flexibility index (Phi) is 3.50. The molecule has 5 aromatic rings. The summed E-state index contributed by atoms with van der Waals surface area (Å²) in [6.45, 7) is 4.17. The molecule has 5 rings (SSSR count). The average molecular weight is 354 g/mol. The first-order valence-corrected chi connectivity index (χ1v) is 8.87. The lowest BCUT2D eigenvalue weighted by Crippen LogP contribution is -1.98. The molecule has 0 radical (unpaired) electrons. The smallest absolute Gasteiger partial charge is 0.197 e. The van der Waals surface area contributed by atoms with Crippen LogP contribution in [0, 0.1) is 13.8 Å². The van der Waals surface area contributed by atoms with Gasteiger partial charge in [0, 0.05) is 30.6 Å². The van der Waals surface area contributed by atoms with Crippen molar-refractivity contribution in [1.29, 1.82) is 0 Å². The highest BCUT2D eigenvalue weighted by Gasteiger charge is 2.16. The standard InChI is InChI=1S/C21H18N6/c1-13-3-5-15(6-4-13)19-16(27-10-7-14(2)11-18(27)26-19)12-17-24-20-21(25-17)23-9-8-22-20/h3-11H,12H2,1-2H3,(H,22,23,24,25). The third-order valence-electron chi connectivity index (χ3n) is 4.72. The Balaban J connectivity index is 1.68. The van der Waals surface area contributed by atoms with Gasteiger partial charge in [-0.2, -0.15) is 0 Å². The van der Waals surface area contributed by atoms with Crippen LogP contribution in [0.4, 0.5) is 0 Å². The summed E-state index contributed by atoms with van der Waals surface area (Å²) in [5.41, 5.74) is 7.86. The van der Waals surface area contributed by atoms with E-state index in [1.165, 1.54) is 11.1 Å². The van der Waals surface area contributed by atoms with Gasteiger partial charge >= 0.3 is 0 Å². The van der Waals surface area contributed by atoms with Crippen molar-refractivity contribution in [2.24, 2.45) is 0 Å². The van der Waals surface area contributed by atoms with Gasteiger partial charge in [0.05, 0.1) is 11.4 Å². The summed E-state index contributed by atoms with van der Waals surface area (Å²) in [6, 6.07) is 12.7. The van der Waals surface area contributed by atoms with E-state index in [-0.39, 0.29) is 0 Å². The lowest BCUT2D eigenvalue weighted by molar-refractivity contribution is 0.958. The van der Waals surface area contributed by atoms with Gasteiger partial charge in [-0.15, -0.1) is 0 Å². The molecule has 0 fully saturated rings. The second-order valence-electron chi connectivity index (χ2n) is 6.79. The second kappa shape index (κ2) is 6.02. The Morgan fingerprint density at radius 2 is 1.74 bits per heavy atom. The first-order valence-electron chi connectivity index (χ1n) is 8.87. The number of hydrogen-bond donors (Lipinski definition) is 1. The van der Waals surface area contributed by atoms with Gasteiger partial charge in [0.1, 0.15) is 11.5 Å². The van der Waals surface area contributed by atoms with E-state index < -0.39 is 0 Å². The van der Waals surface area contributed by atoms with Crippen LogP contribution in [0.2, 0.25) is 0 Å². The summed E-state index contributed by atoms with van der Waals surface area (Å²) in [4.78, 5) is 21.3. The number of nitrogens with zero attached hydrogens (tertiary/aromatic N) is 5. The SMILES string of the molecule is Cc1ccc(-c2nc3cc(C)ccn3c2Cc2nc3nccnc3[nH]2)cc1. The predicted molar refractivity (Wildman–Crippen MR) is 105 cm³/mol. The fourth-order valence-electron chi connectivity index (χ4n) is 3.34. The zero-order valence-corrected chi connectivity index (χ0v) is 15.1. The van der Waals surface area contributed by atoms with Gasteiger partial charge in [-0.05, 0) is 31.5 Å². The van der Waals surface area contributed by atoms with E-state index >= 15 is 0 Å². The first-order chi connectivity index (χ1) is 13.2. The van der Waals surface area contributed by atoms with Crippen molar-refractivity contribution in [3.05, 3.63) is 77.6 Å². The van der Waals surface area contributed by atoms with Gasteiger partial charge in [-0.25, -0.2) is 19.9 Å². The summed E-state index contributed by atoms with van der Waals surface area (Å²) in [5, 5.41) is 0. The van der Waals surface area contributed by atoms with Gasteiger partial charge in [0.25, 0.3) is 0 Å². The molecular weight excluding hydrogens is 336 g/mol. The van der Waals surface area contributed by atoms with Crippen LogP contribution in [0.25, 0.3) is 28.2 Å². The summed E-state index contributed by atoms with van der Waals surface area (Å²) in [6.07, 6.45) is 6.01.